The molecule has 1 aliphatic heterocycles. The Morgan fingerprint density at radius 3 is 2.55 bits per heavy atom. The van der Waals surface area contributed by atoms with Gasteiger partial charge in [0.1, 0.15) is 6.10 Å². The second-order valence-electron chi connectivity index (χ2n) is 6.16. The Hall–Kier alpha value is -1.88. The summed E-state index contributed by atoms with van der Waals surface area (Å²) in [4.78, 5) is 25.6. The van der Waals surface area contributed by atoms with E-state index in [4.69, 9.17) is 9.47 Å². The molecule has 22 heavy (non-hydrogen) atoms. The van der Waals surface area contributed by atoms with Gasteiger partial charge < -0.3 is 14.4 Å². The molecule has 1 saturated heterocycles. The van der Waals surface area contributed by atoms with E-state index in [0.29, 0.717) is 13.2 Å². The lowest BCUT2D eigenvalue weighted by molar-refractivity contribution is -0.172. The Balaban J connectivity index is 2.18. The highest BCUT2D eigenvalue weighted by Crippen LogP contribution is 2.30. The van der Waals surface area contributed by atoms with Gasteiger partial charge in [0.2, 0.25) is 0 Å². The van der Waals surface area contributed by atoms with Crippen LogP contribution in [0.3, 0.4) is 0 Å². The summed E-state index contributed by atoms with van der Waals surface area (Å²) in [5.41, 5.74) is 1.63. The average molecular weight is 305 g/mol. The van der Waals surface area contributed by atoms with E-state index < -0.39 is 17.4 Å². The molecule has 5 heteroatoms. The van der Waals surface area contributed by atoms with Crippen molar-refractivity contribution < 1.29 is 19.1 Å². The van der Waals surface area contributed by atoms with Gasteiger partial charge in [-0.2, -0.15) is 0 Å². The Morgan fingerprint density at radius 1 is 1.32 bits per heavy atom. The van der Waals surface area contributed by atoms with Crippen LogP contribution in [0.25, 0.3) is 0 Å². The predicted octanol–water partition coefficient (Wildman–Crippen LogP) is 2.24. The Labute approximate surface area is 131 Å². The van der Waals surface area contributed by atoms with Gasteiger partial charge in [0.25, 0.3) is 0 Å². The summed E-state index contributed by atoms with van der Waals surface area (Å²) in [6, 6.07) is 8.00. The van der Waals surface area contributed by atoms with Crippen molar-refractivity contribution in [3.05, 3.63) is 35.4 Å². The van der Waals surface area contributed by atoms with Crippen LogP contribution in [0.2, 0.25) is 0 Å². The monoisotopic (exact) mass is 305 g/mol. The molecule has 1 aromatic rings. The summed E-state index contributed by atoms with van der Waals surface area (Å²) in [7, 11) is 0. The topological polar surface area (TPSA) is 55.8 Å². The Morgan fingerprint density at radius 2 is 1.95 bits per heavy atom. The zero-order valence-electron chi connectivity index (χ0n) is 13.6. The van der Waals surface area contributed by atoms with E-state index in [2.05, 4.69) is 0 Å². The van der Waals surface area contributed by atoms with Gasteiger partial charge in [-0.3, -0.25) is 4.79 Å². The Kier molecular flexibility index (Phi) is 4.86. The molecule has 5 nitrogen and oxygen atoms in total. The molecule has 1 aromatic carbocycles. The van der Waals surface area contributed by atoms with E-state index in [1.807, 2.05) is 45.0 Å². The van der Waals surface area contributed by atoms with Gasteiger partial charge in [-0.15, -0.1) is 0 Å². The van der Waals surface area contributed by atoms with Gasteiger partial charge in [-0.1, -0.05) is 29.8 Å². The number of esters is 1. The first-order valence-electron chi connectivity index (χ1n) is 7.52. The van der Waals surface area contributed by atoms with E-state index in [9.17, 15) is 9.59 Å². The zero-order chi connectivity index (χ0) is 16.3. The third-order valence-electron chi connectivity index (χ3n) is 3.86. The third kappa shape index (κ3) is 3.47. The molecule has 0 saturated carbocycles. The van der Waals surface area contributed by atoms with E-state index in [0.717, 1.165) is 5.56 Å². The van der Waals surface area contributed by atoms with Crippen LogP contribution in [-0.4, -0.2) is 42.1 Å². The molecule has 1 unspecified atom stereocenters. The van der Waals surface area contributed by atoms with Crippen molar-refractivity contribution in [3.63, 3.8) is 0 Å². The van der Waals surface area contributed by atoms with E-state index in [-0.39, 0.29) is 12.7 Å². The molecule has 0 spiro atoms. The second-order valence-corrected chi connectivity index (χ2v) is 6.16. The molecule has 0 radical (unpaired) electrons. The van der Waals surface area contributed by atoms with E-state index in [1.165, 1.54) is 5.56 Å². The molecule has 1 atom stereocenters. The minimum Gasteiger partial charge on any atom is -0.459 e. The lowest BCUT2D eigenvalue weighted by atomic mass is 9.97. The predicted molar refractivity (Wildman–Crippen MR) is 82.3 cm³/mol. The summed E-state index contributed by atoms with van der Waals surface area (Å²) < 4.78 is 10.7. The van der Waals surface area contributed by atoms with Gasteiger partial charge >= 0.3 is 11.9 Å². The fraction of sp³-hybridized carbons (Fsp3) is 0.529. The largest absolute Gasteiger partial charge is 0.459 e. The molecule has 1 aliphatic rings. The number of benzene rings is 1. The van der Waals surface area contributed by atoms with Crippen molar-refractivity contribution in [2.45, 2.75) is 39.3 Å². The first-order chi connectivity index (χ1) is 10.3. The lowest BCUT2D eigenvalue weighted by Gasteiger charge is -2.44. The van der Waals surface area contributed by atoms with Crippen LogP contribution >= 0.6 is 0 Å². The van der Waals surface area contributed by atoms with Crippen LogP contribution in [0.1, 0.15) is 38.0 Å². The minimum absolute atomic E-state index is 0.191. The number of carbonyl (C=O) groups is 2. The van der Waals surface area contributed by atoms with Crippen LogP contribution in [0.15, 0.2) is 24.3 Å². The summed E-state index contributed by atoms with van der Waals surface area (Å²) in [6.45, 7) is 8.38. The number of rotatable bonds is 2. The molecule has 1 heterocycles. The number of amides is 1. The molecule has 1 fully saturated rings. The smallest absolute Gasteiger partial charge is 0.397 e. The third-order valence-corrected chi connectivity index (χ3v) is 3.86. The maximum absolute atomic E-state index is 12.3. The summed E-state index contributed by atoms with van der Waals surface area (Å²) in [5.74, 6) is -1.41. The summed E-state index contributed by atoms with van der Waals surface area (Å²) in [6.07, 6.45) is -0.230. The number of hydrogen-bond acceptors (Lipinski definition) is 4. The molecule has 0 bridgehead atoms. The highest BCUT2D eigenvalue weighted by molar-refractivity contribution is 6.32. The molecule has 120 valence electrons. The number of aryl methyl sites for hydroxylation is 1. The van der Waals surface area contributed by atoms with Crippen molar-refractivity contribution in [3.8, 4) is 0 Å². The van der Waals surface area contributed by atoms with Crippen molar-refractivity contribution >= 4 is 11.9 Å². The first kappa shape index (κ1) is 16.5. The van der Waals surface area contributed by atoms with E-state index >= 15 is 0 Å². The maximum atomic E-state index is 12.3. The van der Waals surface area contributed by atoms with E-state index in [1.54, 1.807) is 11.8 Å². The van der Waals surface area contributed by atoms with Crippen molar-refractivity contribution in [1.82, 2.24) is 4.90 Å². The number of ether oxygens (including phenoxy) is 2. The summed E-state index contributed by atoms with van der Waals surface area (Å²) >= 11 is 0. The Bertz CT molecular complexity index is 550. The van der Waals surface area contributed by atoms with Gasteiger partial charge in [0.15, 0.2) is 0 Å². The van der Waals surface area contributed by atoms with Gasteiger partial charge in [0, 0.05) is 0 Å². The molecule has 0 aliphatic carbocycles. The number of carbonyl (C=O) groups excluding carboxylic acids is 2. The highest BCUT2D eigenvalue weighted by Gasteiger charge is 2.41. The fourth-order valence-electron chi connectivity index (χ4n) is 2.49. The molecule has 2 rings (SSSR count). The standard InChI is InChI=1S/C17H23NO4/c1-5-21-16(20)15(19)18-10-14(22-11-17(18,3)4)13-8-6-12(2)7-9-13/h6-9,14H,5,10-11H2,1-4H3. The van der Waals surface area contributed by atoms with Crippen molar-refractivity contribution in [2.75, 3.05) is 19.8 Å². The van der Waals surface area contributed by atoms with Crippen LogP contribution < -0.4 is 0 Å². The molecular weight excluding hydrogens is 282 g/mol. The van der Waals surface area contributed by atoms with Crippen LogP contribution in [0, 0.1) is 6.92 Å². The zero-order valence-corrected chi connectivity index (χ0v) is 13.6. The maximum Gasteiger partial charge on any atom is 0.397 e. The van der Waals surface area contributed by atoms with Gasteiger partial charge in [0.05, 0.1) is 25.3 Å². The average Bonchev–Trinajstić information content (AvgIpc) is 2.47. The molecule has 1 amide bonds. The van der Waals surface area contributed by atoms with Gasteiger partial charge in [-0.05, 0) is 33.3 Å². The highest BCUT2D eigenvalue weighted by atomic mass is 16.5. The van der Waals surface area contributed by atoms with Crippen molar-refractivity contribution in [1.29, 1.82) is 0 Å². The normalized spacial score (nSPS) is 20.5. The first-order valence-corrected chi connectivity index (χ1v) is 7.52. The quantitative estimate of drug-likeness (QED) is 0.621. The van der Waals surface area contributed by atoms with Gasteiger partial charge in [-0.25, -0.2) is 4.79 Å². The number of nitrogens with zero attached hydrogens (tertiary/aromatic N) is 1. The second kappa shape index (κ2) is 6.48. The number of hydrogen-bond donors (Lipinski definition) is 0. The van der Waals surface area contributed by atoms with Crippen LogP contribution in [0.5, 0.6) is 0 Å². The molecular formula is C17H23NO4. The summed E-state index contributed by atoms with van der Waals surface area (Å²) in [5, 5.41) is 0. The fourth-order valence-corrected chi connectivity index (χ4v) is 2.49. The SMILES string of the molecule is CCOC(=O)C(=O)N1CC(c2ccc(C)cc2)OCC1(C)C. The minimum atomic E-state index is -0.805. The van der Waals surface area contributed by atoms with Crippen molar-refractivity contribution in [2.24, 2.45) is 0 Å². The van der Waals surface area contributed by atoms with Crippen LogP contribution in [-0.2, 0) is 19.1 Å². The lowest BCUT2D eigenvalue weighted by Crippen LogP contribution is -2.58. The molecule has 0 aromatic heterocycles. The molecule has 0 N–H and O–H groups in total. The number of morpholine rings is 1. The van der Waals surface area contributed by atoms with Crippen LogP contribution in [0.4, 0.5) is 0 Å².